The second-order valence-electron chi connectivity index (χ2n) is 4.61. The summed E-state index contributed by atoms with van der Waals surface area (Å²) in [6.07, 6.45) is 4.71. The third-order valence-electron chi connectivity index (χ3n) is 3.14. The van der Waals surface area contributed by atoms with E-state index < -0.39 is 0 Å². The van der Waals surface area contributed by atoms with E-state index in [0.29, 0.717) is 0 Å². The Balaban J connectivity index is 2.01. The van der Waals surface area contributed by atoms with Gasteiger partial charge in [-0.15, -0.1) is 0 Å². The average Bonchev–Trinajstić information content (AvgIpc) is 2.90. The number of imidazole rings is 1. The summed E-state index contributed by atoms with van der Waals surface area (Å²) in [4.78, 5) is 4.18. The zero-order chi connectivity index (χ0) is 13.5. The number of hydrogen-bond donors (Lipinski definition) is 2. The van der Waals surface area contributed by atoms with E-state index in [1.54, 1.807) is 0 Å². The zero-order valence-electron chi connectivity index (χ0n) is 11.3. The fourth-order valence-electron chi connectivity index (χ4n) is 2.15. The third-order valence-corrected chi connectivity index (χ3v) is 3.14. The van der Waals surface area contributed by atoms with Crippen LogP contribution < -0.4 is 5.32 Å². The lowest BCUT2D eigenvalue weighted by molar-refractivity contribution is 0.238. The van der Waals surface area contributed by atoms with Gasteiger partial charge < -0.3 is 15.0 Å². The standard InChI is InChI=1S/C15H21N3O/c1-2-8-18-12-16-10-15(18)14(11-19)17-9-13-6-4-3-5-7-13/h3-7,10,12,14,17,19H,2,8-9,11H2,1H3. The zero-order valence-corrected chi connectivity index (χ0v) is 11.3. The van der Waals surface area contributed by atoms with Crippen molar-refractivity contribution in [1.82, 2.24) is 14.9 Å². The van der Waals surface area contributed by atoms with Crippen LogP contribution in [0.2, 0.25) is 0 Å². The highest BCUT2D eigenvalue weighted by molar-refractivity contribution is 5.15. The van der Waals surface area contributed by atoms with Gasteiger partial charge in [0, 0.05) is 19.3 Å². The molecule has 0 aliphatic heterocycles. The lowest BCUT2D eigenvalue weighted by atomic mass is 10.2. The first-order valence-corrected chi connectivity index (χ1v) is 6.73. The predicted molar refractivity (Wildman–Crippen MR) is 75.6 cm³/mol. The van der Waals surface area contributed by atoms with Crippen molar-refractivity contribution in [1.29, 1.82) is 0 Å². The summed E-state index contributed by atoms with van der Waals surface area (Å²) in [5, 5.41) is 12.9. The number of rotatable bonds is 7. The summed E-state index contributed by atoms with van der Waals surface area (Å²) in [5.41, 5.74) is 2.25. The summed E-state index contributed by atoms with van der Waals surface area (Å²) in [5.74, 6) is 0. The molecule has 2 aromatic rings. The van der Waals surface area contributed by atoms with E-state index in [0.717, 1.165) is 25.2 Å². The molecule has 0 aliphatic carbocycles. The molecule has 1 aromatic carbocycles. The molecule has 1 aromatic heterocycles. The first-order chi connectivity index (χ1) is 9.35. The van der Waals surface area contributed by atoms with E-state index in [9.17, 15) is 5.11 Å². The minimum Gasteiger partial charge on any atom is -0.394 e. The number of hydrogen-bond acceptors (Lipinski definition) is 3. The minimum absolute atomic E-state index is 0.0717. The molecule has 0 aliphatic rings. The molecular formula is C15H21N3O. The monoisotopic (exact) mass is 259 g/mol. The van der Waals surface area contributed by atoms with Gasteiger partial charge in [-0.3, -0.25) is 0 Å². The summed E-state index contributed by atoms with van der Waals surface area (Å²) >= 11 is 0. The van der Waals surface area contributed by atoms with Gasteiger partial charge >= 0.3 is 0 Å². The minimum atomic E-state index is -0.0748. The van der Waals surface area contributed by atoms with Gasteiger partial charge in [0.1, 0.15) is 0 Å². The molecule has 2 rings (SSSR count). The number of nitrogens with zero attached hydrogens (tertiary/aromatic N) is 2. The molecule has 0 saturated carbocycles. The Labute approximate surface area is 114 Å². The fraction of sp³-hybridized carbons (Fsp3) is 0.400. The van der Waals surface area contributed by atoms with E-state index >= 15 is 0 Å². The van der Waals surface area contributed by atoms with Crippen LogP contribution in [0.3, 0.4) is 0 Å². The Morgan fingerprint density at radius 1 is 1.32 bits per heavy atom. The highest BCUT2D eigenvalue weighted by atomic mass is 16.3. The number of aromatic nitrogens is 2. The second kappa shape index (κ2) is 7.07. The van der Waals surface area contributed by atoms with Gasteiger partial charge in [-0.05, 0) is 12.0 Å². The Bertz CT molecular complexity index is 481. The van der Waals surface area contributed by atoms with Crippen molar-refractivity contribution in [2.45, 2.75) is 32.5 Å². The molecule has 0 saturated heterocycles. The number of benzene rings is 1. The molecule has 1 atom stereocenters. The Kier molecular flexibility index (Phi) is 5.12. The second-order valence-corrected chi connectivity index (χ2v) is 4.61. The van der Waals surface area contributed by atoms with Gasteiger partial charge in [-0.2, -0.15) is 0 Å². The largest absolute Gasteiger partial charge is 0.394 e. The highest BCUT2D eigenvalue weighted by Gasteiger charge is 2.14. The van der Waals surface area contributed by atoms with Crippen LogP contribution in [-0.2, 0) is 13.1 Å². The number of aryl methyl sites for hydroxylation is 1. The Hall–Kier alpha value is -1.65. The predicted octanol–water partition coefficient (Wildman–Crippen LogP) is 2.12. The number of aliphatic hydroxyl groups excluding tert-OH is 1. The van der Waals surface area contributed by atoms with Gasteiger partial charge in [0.25, 0.3) is 0 Å². The van der Waals surface area contributed by atoms with Gasteiger partial charge in [-0.1, -0.05) is 37.3 Å². The molecule has 0 radical (unpaired) electrons. The molecule has 19 heavy (non-hydrogen) atoms. The third kappa shape index (κ3) is 3.66. The first-order valence-electron chi connectivity index (χ1n) is 6.73. The van der Waals surface area contributed by atoms with E-state index in [2.05, 4.69) is 33.9 Å². The van der Waals surface area contributed by atoms with Crippen molar-refractivity contribution < 1.29 is 5.11 Å². The summed E-state index contributed by atoms with van der Waals surface area (Å²) < 4.78 is 2.10. The van der Waals surface area contributed by atoms with E-state index in [1.807, 2.05) is 30.7 Å². The highest BCUT2D eigenvalue weighted by Crippen LogP contribution is 2.13. The smallest absolute Gasteiger partial charge is 0.0948 e. The van der Waals surface area contributed by atoms with Crippen molar-refractivity contribution in [3.8, 4) is 0 Å². The maximum Gasteiger partial charge on any atom is 0.0948 e. The molecule has 102 valence electrons. The van der Waals surface area contributed by atoms with E-state index in [1.165, 1.54) is 5.56 Å². The molecule has 1 heterocycles. The van der Waals surface area contributed by atoms with E-state index in [4.69, 9.17) is 0 Å². The van der Waals surface area contributed by atoms with Crippen molar-refractivity contribution >= 4 is 0 Å². The molecule has 0 spiro atoms. The molecule has 0 bridgehead atoms. The van der Waals surface area contributed by atoms with Crippen LogP contribution in [0.25, 0.3) is 0 Å². The quantitative estimate of drug-likeness (QED) is 0.800. The maximum atomic E-state index is 9.56. The molecule has 0 amide bonds. The van der Waals surface area contributed by atoms with Crippen molar-refractivity contribution in [3.63, 3.8) is 0 Å². The Morgan fingerprint density at radius 2 is 2.11 bits per heavy atom. The maximum absolute atomic E-state index is 9.56. The summed E-state index contributed by atoms with van der Waals surface area (Å²) in [6.45, 7) is 3.87. The van der Waals surface area contributed by atoms with Crippen molar-refractivity contribution in [3.05, 3.63) is 54.1 Å². The van der Waals surface area contributed by atoms with Crippen LogP contribution in [0.15, 0.2) is 42.9 Å². The molecule has 1 unspecified atom stereocenters. The van der Waals surface area contributed by atoms with Crippen LogP contribution in [0.4, 0.5) is 0 Å². The number of aliphatic hydroxyl groups is 1. The van der Waals surface area contributed by atoms with E-state index in [-0.39, 0.29) is 12.6 Å². The van der Waals surface area contributed by atoms with Crippen molar-refractivity contribution in [2.75, 3.05) is 6.61 Å². The normalized spacial score (nSPS) is 12.5. The fourth-order valence-corrected chi connectivity index (χ4v) is 2.15. The lowest BCUT2D eigenvalue weighted by Gasteiger charge is -2.18. The summed E-state index contributed by atoms with van der Waals surface area (Å²) in [6, 6.07) is 10.1. The average molecular weight is 259 g/mol. The van der Waals surface area contributed by atoms with Gasteiger partial charge in [0.2, 0.25) is 0 Å². The van der Waals surface area contributed by atoms with Gasteiger partial charge in [-0.25, -0.2) is 4.98 Å². The first kappa shape index (κ1) is 13.8. The van der Waals surface area contributed by atoms with Crippen LogP contribution in [-0.4, -0.2) is 21.3 Å². The molecule has 4 heteroatoms. The van der Waals surface area contributed by atoms with Crippen molar-refractivity contribution in [2.24, 2.45) is 0 Å². The van der Waals surface area contributed by atoms with Crippen LogP contribution in [0.5, 0.6) is 0 Å². The molecular weight excluding hydrogens is 238 g/mol. The van der Waals surface area contributed by atoms with Gasteiger partial charge in [0.05, 0.1) is 24.7 Å². The molecule has 0 fully saturated rings. The number of nitrogens with one attached hydrogen (secondary N) is 1. The molecule has 2 N–H and O–H groups in total. The van der Waals surface area contributed by atoms with Crippen LogP contribution >= 0.6 is 0 Å². The van der Waals surface area contributed by atoms with Crippen LogP contribution in [0.1, 0.15) is 30.6 Å². The SMILES string of the molecule is CCCn1cncc1C(CO)NCc1ccccc1. The van der Waals surface area contributed by atoms with Gasteiger partial charge in [0.15, 0.2) is 0 Å². The summed E-state index contributed by atoms with van der Waals surface area (Å²) in [7, 11) is 0. The molecule has 4 nitrogen and oxygen atoms in total. The lowest BCUT2D eigenvalue weighted by Crippen LogP contribution is -2.26. The topological polar surface area (TPSA) is 50.1 Å². The Morgan fingerprint density at radius 3 is 2.79 bits per heavy atom. The van der Waals surface area contributed by atoms with Crippen LogP contribution in [0, 0.1) is 0 Å².